The molecule has 1 amide bonds. The molecule has 1 unspecified atom stereocenters. The molecule has 10 nitrogen and oxygen atoms in total. The largest absolute Gasteiger partial charge is 0.497 e. The van der Waals surface area contributed by atoms with E-state index in [1.54, 1.807) is 25.2 Å². The summed E-state index contributed by atoms with van der Waals surface area (Å²) in [7, 11) is 2.02. The van der Waals surface area contributed by atoms with Gasteiger partial charge in [0.2, 0.25) is 5.95 Å². The Kier molecular flexibility index (Phi) is 10.2. The number of benzene rings is 3. The highest BCUT2D eigenvalue weighted by atomic mass is 35.5. The first kappa shape index (κ1) is 36.5. The molecule has 3 heterocycles. The number of halogens is 2. The van der Waals surface area contributed by atoms with E-state index in [0.717, 1.165) is 36.0 Å². The van der Waals surface area contributed by atoms with Gasteiger partial charge in [-0.1, -0.05) is 59.6 Å². The predicted molar refractivity (Wildman–Crippen MR) is 207 cm³/mol. The number of methoxy groups -OCH3 is 2. The van der Waals surface area contributed by atoms with E-state index in [9.17, 15) is 9.00 Å². The van der Waals surface area contributed by atoms with E-state index >= 15 is 0 Å². The molecule has 1 aliphatic carbocycles. The molecule has 0 bridgehead atoms. The van der Waals surface area contributed by atoms with Crippen molar-refractivity contribution in [1.82, 2.24) is 19.6 Å². The topological polar surface area (TPSA) is 109 Å². The maximum Gasteiger partial charge on any atom is 0.273 e. The van der Waals surface area contributed by atoms with Crippen LogP contribution in [0.5, 0.6) is 11.5 Å². The summed E-state index contributed by atoms with van der Waals surface area (Å²) in [6, 6.07) is 19.6. The van der Waals surface area contributed by atoms with Gasteiger partial charge < -0.3 is 24.6 Å². The minimum atomic E-state index is -1.23. The van der Waals surface area contributed by atoms with Gasteiger partial charge >= 0.3 is 0 Å². The molecule has 7 rings (SSSR count). The monoisotopic (exact) mass is 762 g/mol. The Bertz CT molecular complexity index is 2030. The quantitative estimate of drug-likeness (QED) is 0.171. The average Bonchev–Trinajstić information content (AvgIpc) is 3.61. The highest BCUT2D eigenvalue weighted by Crippen LogP contribution is 2.52. The van der Waals surface area contributed by atoms with Gasteiger partial charge in [0.15, 0.2) is 0 Å². The SMILES string of the molecule is COc1ccc(CNc2nc(N3CCC4(CC3)Cc3ccccc3[C@H]4NS(=O)C(C)(C)C)nc3c2CN(Cc2cccc(Cl)c2Cl)C3=O)c(OC)c1. The third-order valence-electron chi connectivity index (χ3n) is 10.5. The van der Waals surface area contributed by atoms with Crippen molar-refractivity contribution in [2.75, 3.05) is 37.5 Å². The molecule has 0 radical (unpaired) electrons. The molecule has 0 saturated carbocycles. The maximum atomic E-state index is 14.0. The van der Waals surface area contributed by atoms with Crippen LogP contribution in [0.2, 0.25) is 10.0 Å². The van der Waals surface area contributed by atoms with Crippen LogP contribution in [0.25, 0.3) is 0 Å². The first-order chi connectivity index (χ1) is 24.9. The highest BCUT2D eigenvalue weighted by Gasteiger charge is 2.49. The van der Waals surface area contributed by atoms with Gasteiger partial charge in [0.25, 0.3) is 5.91 Å². The standard InChI is InChI=1S/C39H44Cl2N6O4S/c1-38(2,3)52(49)45-34-28-11-7-6-9-24(28)20-39(34)15-17-46(18-16-39)37-43-33-29(23-47(36(33)48)22-26-10-8-12-30(40)32(26)41)35(44-37)42-21-25-13-14-27(50-4)19-31(25)51-5/h6-14,19,34,45H,15-18,20-23H2,1-5H3,(H,42,43,44)/t34-,52?/m1/s1. The van der Waals surface area contributed by atoms with Crippen molar-refractivity contribution in [3.63, 3.8) is 0 Å². The number of hydrogen-bond donors (Lipinski definition) is 2. The van der Waals surface area contributed by atoms with Gasteiger partial charge in [-0.2, -0.15) is 4.98 Å². The lowest BCUT2D eigenvalue weighted by Gasteiger charge is -2.44. The number of nitrogens with zero attached hydrogens (tertiary/aromatic N) is 4. The lowest BCUT2D eigenvalue weighted by molar-refractivity contribution is 0.0762. The molecule has 2 N–H and O–H groups in total. The number of rotatable bonds is 10. The van der Waals surface area contributed by atoms with Crippen molar-refractivity contribution in [2.24, 2.45) is 5.41 Å². The molecular formula is C39H44Cl2N6O4S. The fraction of sp³-hybridized carbons (Fsp3) is 0.410. The third-order valence-corrected chi connectivity index (χ3v) is 12.9. The second-order valence-electron chi connectivity index (χ2n) is 14.8. The van der Waals surface area contributed by atoms with E-state index in [0.29, 0.717) is 65.2 Å². The third kappa shape index (κ3) is 6.96. The number of hydrogen-bond acceptors (Lipinski definition) is 8. The predicted octanol–water partition coefficient (Wildman–Crippen LogP) is 7.50. The van der Waals surface area contributed by atoms with E-state index in [1.807, 2.05) is 51.1 Å². The molecule has 1 fully saturated rings. The lowest BCUT2D eigenvalue weighted by Crippen LogP contribution is -2.48. The van der Waals surface area contributed by atoms with E-state index in [4.69, 9.17) is 42.6 Å². The van der Waals surface area contributed by atoms with Crippen LogP contribution in [0, 0.1) is 5.41 Å². The molecule has 1 aromatic heterocycles. The van der Waals surface area contributed by atoms with Crippen LogP contribution in [0.3, 0.4) is 0 Å². The molecule has 3 aliphatic rings. The minimum Gasteiger partial charge on any atom is -0.497 e. The molecule has 2 atom stereocenters. The van der Waals surface area contributed by atoms with Crippen LogP contribution in [0.4, 0.5) is 11.8 Å². The Morgan fingerprint density at radius 2 is 1.75 bits per heavy atom. The molecule has 13 heteroatoms. The summed E-state index contributed by atoms with van der Waals surface area (Å²) in [6.45, 7) is 8.39. The average molecular weight is 764 g/mol. The number of piperidine rings is 1. The first-order valence-electron chi connectivity index (χ1n) is 17.5. The van der Waals surface area contributed by atoms with Crippen LogP contribution >= 0.6 is 23.2 Å². The Balaban J connectivity index is 1.18. The number of carbonyl (C=O) groups is 1. The van der Waals surface area contributed by atoms with Gasteiger partial charge in [-0.25, -0.2) is 13.9 Å². The molecule has 4 aromatic rings. The van der Waals surface area contributed by atoms with Crippen molar-refractivity contribution < 1.29 is 18.5 Å². The summed E-state index contributed by atoms with van der Waals surface area (Å²) >= 11 is 12.9. The second kappa shape index (κ2) is 14.5. The van der Waals surface area contributed by atoms with Crippen molar-refractivity contribution in [2.45, 2.75) is 70.5 Å². The Morgan fingerprint density at radius 3 is 2.48 bits per heavy atom. The molecule has 1 saturated heterocycles. The Labute approximate surface area is 317 Å². The van der Waals surface area contributed by atoms with Crippen LogP contribution in [0.1, 0.15) is 78.0 Å². The van der Waals surface area contributed by atoms with Gasteiger partial charge in [-0.15, -0.1) is 0 Å². The summed E-state index contributed by atoms with van der Waals surface area (Å²) in [5.74, 6) is 2.29. The molecule has 1 spiro atoms. The fourth-order valence-electron chi connectivity index (χ4n) is 7.56. The summed E-state index contributed by atoms with van der Waals surface area (Å²) in [5, 5.41) is 4.39. The Hall–Kier alpha value is -3.90. The Morgan fingerprint density at radius 1 is 0.981 bits per heavy atom. The van der Waals surface area contributed by atoms with Crippen molar-refractivity contribution in [3.8, 4) is 11.5 Å². The maximum absolute atomic E-state index is 14.0. The number of carbonyl (C=O) groups excluding carboxylic acids is 1. The summed E-state index contributed by atoms with van der Waals surface area (Å²) in [5.41, 5.74) is 5.21. The number of aromatic nitrogens is 2. The second-order valence-corrected chi connectivity index (χ2v) is 17.5. The van der Waals surface area contributed by atoms with Gasteiger partial charge in [0, 0.05) is 43.4 Å². The number of anilines is 2. The zero-order valence-corrected chi connectivity index (χ0v) is 32.4. The minimum absolute atomic E-state index is 0.0306. The normalized spacial score (nSPS) is 18.4. The van der Waals surface area contributed by atoms with Gasteiger partial charge in [-0.05, 0) is 80.3 Å². The van der Waals surface area contributed by atoms with Crippen molar-refractivity contribution in [3.05, 3.63) is 104 Å². The molecule has 2 aliphatic heterocycles. The first-order valence-corrected chi connectivity index (χ1v) is 19.4. The van der Waals surface area contributed by atoms with Crippen LogP contribution in [0.15, 0.2) is 60.7 Å². The lowest BCUT2D eigenvalue weighted by atomic mass is 9.73. The van der Waals surface area contributed by atoms with Crippen molar-refractivity contribution in [1.29, 1.82) is 0 Å². The van der Waals surface area contributed by atoms with Crippen LogP contribution < -0.4 is 24.4 Å². The summed E-state index contributed by atoms with van der Waals surface area (Å²) < 4.78 is 27.6. The van der Waals surface area contributed by atoms with Gasteiger partial charge in [-0.3, -0.25) is 4.79 Å². The fourth-order valence-corrected chi connectivity index (χ4v) is 8.88. The number of ether oxygens (including phenoxy) is 2. The zero-order chi connectivity index (χ0) is 36.8. The number of fused-ring (bicyclic) bond motifs is 2. The van der Waals surface area contributed by atoms with E-state index in [1.165, 1.54) is 11.1 Å². The smallest absolute Gasteiger partial charge is 0.273 e. The van der Waals surface area contributed by atoms with E-state index in [-0.39, 0.29) is 23.9 Å². The van der Waals surface area contributed by atoms with E-state index < -0.39 is 15.7 Å². The van der Waals surface area contributed by atoms with Crippen molar-refractivity contribution >= 4 is 51.9 Å². The zero-order valence-electron chi connectivity index (χ0n) is 30.1. The number of amides is 1. The van der Waals surface area contributed by atoms with Crippen LogP contribution in [-0.4, -0.2) is 57.0 Å². The van der Waals surface area contributed by atoms with E-state index in [2.05, 4.69) is 39.2 Å². The number of nitrogens with one attached hydrogen (secondary N) is 2. The molecule has 52 heavy (non-hydrogen) atoms. The summed E-state index contributed by atoms with van der Waals surface area (Å²) in [4.78, 5) is 28.0. The van der Waals surface area contributed by atoms with Gasteiger partial charge in [0.1, 0.15) is 23.0 Å². The molecular weight excluding hydrogens is 719 g/mol. The highest BCUT2D eigenvalue weighted by molar-refractivity contribution is 7.84. The van der Waals surface area contributed by atoms with Crippen LogP contribution in [-0.2, 0) is 37.0 Å². The molecule has 3 aromatic carbocycles. The summed E-state index contributed by atoms with van der Waals surface area (Å²) in [6.07, 6.45) is 2.61. The van der Waals surface area contributed by atoms with Gasteiger partial charge in [0.05, 0.1) is 52.6 Å². The molecule has 274 valence electrons.